The number of hydrogen-bond acceptors (Lipinski definition) is 4. The SMILES string of the molecule is C.CC(O)C(=O)[O-].CCCN.[Ag+]. The quantitative estimate of drug-likeness (QED) is 0.638. The van der Waals surface area contributed by atoms with Gasteiger partial charge >= 0.3 is 22.4 Å². The Labute approximate surface area is 89.7 Å². The smallest absolute Gasteiger partial charge is 0.547 e. The molecule has 0 radical (unpaired) electrons. The van der Waals surface area contributed by atoms with Gasteiger partial charge in [0, 0.05) is 0 Å². The van der Waals surface area contributed by atoms with Crippen molar-refractivity contribution in [2.75, 3.05) is 6.54 Å². The third kappa shape index (κ3) is 32.1. The molecule has 1 atom stereocenters. The van der Waals surface area contributed by atoms with E-state index >= 15 is 0 Å². The molecular weight excluding hydrogens is 254 g/mol. The van der Waals surface area contributed by atoms with Crippen LogP contribution in [0.3, 0.4) is 0 Å². The minimum atomic E-state index is -1.44. The van der Waals surface area contributed by atoms with Gasteiger partial charge in [-0.3, -0.25) is 0 Å². The van der Waals surface area contributed by atoms with E-state index in [-0.39, 0.29) is 29.8 Å². The average molecular weight is 272 g/mol. The normalized spacial score (nSPS) is 9.33. The first kappa shape index (κ1) is 22.7. The standard InChI is InChI=1S/C3H9N.C3H6O3.CH4.Ag/c1-2-3-4;1-2(4)3(5)6;;/h2-4H2,1H3;2,4H,1H3,(H,5,6);1H4;/q;;;+1/p-1. The number of nitrogens with two attached hydrogens (primary N) is 1. The molecule has 0 aromatic rings. The molecule has 0 rings (SSSR count). The van der Waals surface area contributed by atoms with Gasteiger partial charge in [-0.1, -0.05) is 14.4 Å². The third-order valence-electron chi connectivity index (χ3n) is 0.630. The first-order chi connectivity index (χ1) is 4.56. The van der Waals surface area contributed by atoms with Crippen LogP contribution in [0, 0.1) is 0 Å². The fourth-order valence-electron chi connectivity index (χ4n) is 0. The topological polar surface area (TPSA) is 86.4 Å². The van der Waals surface area contributed by atoms with Crippen molar-refractivity contribution in [3.05, 3.63) is 0 Å². The molecule has 0 spiro atoms. The number of aliphatic hydroxyl groups is 1. The van der Waals surface area contributed by atoms with E-state index in [0.717, 1.165) is 19.9 Å². The van der Waals surface area contributed by atoms with Crippen molar-refractivity contribution in [1.82, 2.24) is 0 Å². The summed E-state index contributed by atoms with van der Waals surface area (Å²) in [5.74, 6) is -1.44. The van der Waals surface area contributed by atoms with Gasteiger partial charge in [0.25, 0.3) is 0 Å². The first-order valence-electron chi connectivity index (χ1n) is 3.15. The molecule has 0 aliphatic heterocycles. The van der Waals surface area contributed by atoms with Crippen molar-refractivity contribution in [3.8, 4) is 0 Å². The third-order valence-corrected chi connectivity index (χ3v) is 0.630. The molecule has 0 saturated heterocycles. The van der Waals surface area contributed by atoms with E-state index in [1.54, 1.807) is 0 Å². The zero-order valence-electron chi connectivity index (χ0n) is 6.63. The van der Waals surface area contributed by atoms with Gasteiger partial charge < -0.3 is 20.7 Å². The Morgan fingerprint density at radius 3 is 1.83 bits per heavy atom. The van der Waals surface area contributed by atoms with Crippen LogP contribution >= 0.6 is 0 Å². The molecule has 3 N–H and O–H groups in total. The molecule has 0 aliphatic rings. The van der Waals surface area contributed by atoms with Gasteiger partial charge in [0.15, 0.2) is 0 Å². The van der Waals surface area contributed by atoms with Crippen molar-refractivity contribution in [3.63, 3.8) is 0 Å². The summed E-state index contributed by atoms with van der Waals surface area (Å²) < 4.78 is 0. The molecule has 0 aromatic heterocycles. The van der Waals surface area contributed by atoms with Gasteiger partial charge in [-0.15, -0.1) is 0 Å². The van der Waals surface area contributed by atoms with E-state index in [4.69, 9.17) is 10.8 Å². The number of aliphatic hydroxyl groups excluding tert-OH is 1. The van der Waals surface area contributed by atoms with Crippen molar-refractivity contribution in [2.24, 2.45) is 5.73 Å². The van der Waals surface area contributed by atoms with Gasteiger partial charge in [-0.05, 0) is 19.9 Å². The summed E-state index contributed by atoms with van der Waals surface area (Å²) in [7, 11) is 0. The largest absolute Gasteiger partial charge is 1.00 e. The number of carbonyl (C=O) groups is 1. The molecule has 0 saturated carbocycles. The second kappa shape index (κ2) is 17.3. The van der Waals surface area contributed by atoms with E-state index in [1.165, 1.54) is 0 Å². The molecular formula is C7H18AgNO3. The summed E-state index contributed by atoms with van der Waals surface area (Å²) in [5, 5.41) is 17.3. The van der Waals surface area contributed by atoms with Crippen LogP contribution < -0.4 is 10.8 Å². The molecule has 0 aliphatic carbocycles. The fourth-order valence-corrected chi connectivity index (χ4v) is 0. The second-order valence-corrected chi connectivity index (χ2v) is 1.78. The maximum absolute atomic E-state index is 9.34. The van der Waals surface area contributed by atoms with Crippen LogP contribution in [0.5, 0.6) is 0 Å². The summed E-state index contributed by atoms with van der Waals surface area (Å²) in [6, 6.07) is 0. The summed E-state index contributed by atoms with van der Waals surface area (Å²) in [5.41, 5.74) is 5.03. The minimum Gasteiger partial charge on any atom is -0.547 e. The number of carboxylic acids is 1. The Bertz CT molecular complexity index is 86.7. The van der Waals surface area contributed by atoms with Crippen molar-refractivity contribution < 1.29 is 37.4 Å². The van der Waals surface area contributed by atoms with Gasteiger partial charge in [0.05, 0.1) is 12.1 Å². The Morgan fingerprint density at radius 2 is 1.83 bits per heavy atom. The van der Waals surface area contributed by atoms with Crippen molar-refractivity contribution >= 4 is 5.97 Å². The molecule has 0 amide bonds. The maximum atomic E-state index is 9.34. The average Bonchev–Trinajstić information content (AvgIpc) is 1.89. The summed E-state index contributed by atoms with van der Waals surface area (Å²) >= 11 is 0. The van der Waals surface area contributed by atoms with Crippen LogP contribution in [0.4, 0.5) is 0 Å². The molecule has 1 unspecified atom stereocenters. The fraction of sp³-hybridized carbons (Fsp3) is 0.857. The van der Waals surface area contributed by atoms with Gasteiger partial charge in [0.2, 0.25) is 0 Å². The molecule has 0 bridgehead atoms. The van der Waals surface area contributed by atoms with E-state index in [1.807, 2.05) is 0 Å². The van der Waals surface area contributed by atoms with E-state index in [2.05, 4.69) is 6.92 Å². The van der Waals surface area contributed by atoms with Crippen LogP contribution in [0.1, 0.15) is 27.7 Å². The van der Waals surface area contributed by atoms with Crippen molar-refractivity contribution in [2.45, 2.75) is 33.8 Å². The van der Waals surface area contributed by atoms with Crippen LogP contribution in [-0.2, 0) is 27.2 Å². The van der Waals surface area contributed by atoms with Crippen LogP contribution in [-0.4, -0.2) is 23.7 Å². The van der Waals surface area contributed by atoms with Gasteiger partial charge in [-0.2, -0.15) is 0 Å². The van der Waals surface area contributed by atoms with Gasteiger partial charge in [0.1, 0.15) is 0 Å². The molecule has 12 heavy (non-hydrogen) atoms. The zero-order valence-corrected chi connectivity index (χ0v) is 8.12. The van der Waals surface area contributed by atoms with E-state index in [0.29, 0.717) is 0 Å². The van der Waals surface area contributed by atoms with Crippen molar-refractivity contribution in [1.29, 1.82) is 0 Å². The minimum absolute atomic E-state index is 0. The van der Waals surface area contributed by atoms with Crippen LogP contribution in [0.15, 0.2) is 0 Å². The Balaban J connectivity index is -0.0000000483. The van der Waals surface area contributed by atoms with E-state index in [9.17, 15) is 9.90 Å². The molecule has 0 heterocycles. The number of hydrogen-bond donors (Lipinski definition) is 2. The monoisotopic (exact) mass is 271 g/mol. The summed E-state index contributed by atoms with van der Waals surface area (Å²) in [6.45, 7) is 4.01. The Morgan fingerprint density at radius 1 is 1.67 bits per heavy atom. The predicted octanol–water partition coefficient (Wildman–Crippen LogP) is -0.894. The molecule has 0 fully saturated rings. The number of carbonyl (C=O) groups excluding carboxylic acids is 1. The van der Waals surface area contributed by atoms with Crippen LogP contribution in [0.25, 0.3) is 0 Å². The predicted molar refractivity (Wildman–Crippen MR) is 42.8 cm³/mol. The molecule has 80 valence electrons. The summed E-state index contributed by atoms with van der Waals surface area (Å²) in [6.07, 6.45) is -0.245. The molecule has 5 heteroatoms. The van der Waals surface area contributed by atoms with Gasteiger partial charge in [-0.25, -0.2) is 0 Å². The zero-order chi connectivity index (χ0) is 8.57. The second-order valence-electron chi connectivity index (χ2n) is 1.78. The number of carboxylic acid groups (broad SMARTS) is 1. The first-order valence-corrected chi connectivity index (χ1v) is 3.15. The number of aliphatic carboxylic acids is 1. The maximum Gasteiger partial charge on any atom is 1.00 e. The van der Waals surface area contributed by atoms with Crippen LogP contribution in [0.2, 0.25) is 0 Å². The summed E-state index contributed by atoms with van der Waals surface area (Å²) in [4.78, 5) is 9.34. The van der Waals surface area contributed by atoms with E-state index < -0.39 is 12.1 Å². The molecule has 0 aromatic carbocycles. The number of rotatable bonds is 2. The Kier molecular flexibility index (Phi) is 32.7. The molecule has 4 nitrogen and oxygen atoms in total. The Hall–Kier alpha value is 0.130.